The van der Waals surface area contributed by atoms with E-state index in [0.29, 0.717) is 5.56 Å². The minimum absolute atomic E-state index is 0.0801. The van der Waals surface area contributed by atoms with Crippen molar-refractivity contribution < 1.29 is 18.7 Å². The second-order valence-electron chi connectivity index (χ2n) is 4.79. The lowest BCUT2D eigenvalue weighted by molar-refractivity contribution is -0.139. The SMILES string of the molecule is CCOC(=O)C1=C(C)OC(N)=C(C#N)[C@@H]1c1ccc(F)c(Br)c1. The van der Waals surface area contributed by atoms with Gasteiger partial charge in [-0.25, -0.2) is 9.18 Å². The first kappa shape index (κ1) is 17.0. The van der Waals surface area contributed by atoms with Gasteiger partial charge in [0, 0.05) is 0 Å². The van der Waals surface area contributed by atoms with Crippen LogP contribution in [0.25, 0.3) is 0 Å². The summed E-state index contributed by atoms with van der Waals surface area (Å²) < 4.78 is 24.1. The molecule has 2 rings (SSSR count). The first-order valence-corrected chi connectivity index (χ1v) is 7.60. The third-order valence-corrected chi connectivity index (χ3v) is 3.99. The van der Waals surface area contributed by atoms with Crippen LogP contribution in [0.2, 0.25) is 0 Å². The Balaban J connectivity index is 2.64. The Bertz CT molecular complexity index is 765. The molecule has 0 saturated heterocycles. The summed E-state index contributed by atoms with van der Waals surface area (Å²) in [6, 6.07) is 6.21. The van der Waals surface area contributed by atoms with Gasteiger partial charge >= 0.3 is 5.97 Å². The lowest BCUT2D eigenvalue weighted by Gasteiger charge is -2.27. The van der Waals surface area contributed by atoms with E-state index in [1.54, 1.807) is 13.8 Å². The molecule has 120 valence electrons. The number of hydrogen-bond acceptors (Lipinski definition) is 5. The van der Waals surface area contributed by atoms with Gasteiger partial charge in [0.05, 0.1) is 22.6 Å². The van der Waals surface area contributed by atoms with Crippen LogP contribution in [0.15, 0.2) is 45.5 Å². The van der Waals surface area contributed by atoms with E-state index in [2.05, 4.69) is 15.9 Å². The maximum Gasteiger partial charge on any atom is 0.338 e. The number of esters is 1. The smallest absolute Gasteiger partial charge is 0.338 e. The maximum atomic E-state index is 13.5. The lowest BCUT2D eigenvalue weighted by Crippen LogP contribution is -2.25. The van der Waals surface area contributed by atoms with E-state index in [1.165, 1.54) is 18.2 Å². The molecule has 1 heterocycles. The van der Waals surface area contributed by atoms with Crippen molar-refractivity contribution in [3.05, 3.63) is 56.8 Å². The number of carbonyl (C=O) groups is 1. The molecule has 1 aliphatic rings. The van der Waals surface area contributed by atoms with Gasteiger partial charge in [-0.1, -0.05) is 6.07 Å². The predicted octanol–water partition coefficient (Wildman–Crippen LogP) is 3.23. The van der Waals surface area contributed by atoms with Crippen molar-refractivity contribution in [3.8, 4) is 6.07 Å². The van der Waals surface area contributed by atoms with Crippen molar-refractivity contribution in [3.63, 3.8) is 0 Å². The topological polar surface area (TPSA) is 85.3 Å². The van der Waals surface area contributed by atoms with Gasteiger partial charge in [-0.05, 0) is 47.5 Å². The quantitative estimate of drug-likeness (QED) is 0.813. The molecule has 1 atom stereocenters. The van der Waals surface area contributed by atoms with Crippen LogP contribution >= 0.6 is 15.9 Å². The zero-order valence-electron chi connectivity index (χ0n) is 12.5. The molecule has 0 bridgehead atoms. The maximum absolute atomic E-state index is 13.5. The Kier molecular flexibility index (Phi) is 5.06. The van der Waals surface area contributed by atoms with E-state index in [0.717, 1.165) is 0 Å². The summed E-state index contributed by atoms with van der Waals surface area (Å²) >= 11 is 3.10. The van der Waals surface area contributed by atoms with Gasteiger partial charge in [0.15, 0.2) is 0 Å². The Morgan fingerprint density at radius 3 is 2.83 bits per heavy atom. The van der Waals surface area contributed by atoms with Crippen LogP contribution in [-0.2, 0) is 14.3 Å². The average molecular weight is 381 g/mol. The third-order valence-electron chi connectivity index (χ3n) is 3.38. The average Bonchev–Trinajstić information content (AvgIpc) is 2.49. The van der Waals surface area contributed by atoms with Crippen molar-refractivity contribution >= 4 is 21.9 Å². The Hall–Kier alpha value is -2.33. The lowest BCUT2D eigenvalue weighted by atomic mass is 9.83. The Morgan fingerprint density at radius 1 is 1.57 bits per heavy atom. The molecule has 0 aromatic heterocycles. The highest BCUT2D eigenvalue weighted by Gasteiger charge is 2.36. The van der Waals surface area contributed by atoms with E-state index in [1.807, 2.05) is 6.07 Å². The highest BCUT2D eigenvalue weighted by atomic mass is 79.9. The molecule has 0 radical (unpaired) electrons. The van der Waals surface area contributed by atoms with Gasteiger partial charge in [-0.15, -0.1) is 0 Å². The van der Waals surface area contributed by atoms with Gasteiger partial charge in [0.1, 0.15) is 23.2 Å². The van der Waals surface area contributed by atoms with Crippen molar-refractivity contribution in [2.75, 3.05) is 6.61 Å². The molecule has 23 heavy (non-hydrogen) atoms. The van der Waals surface area contributed by atoms with Crippen molar-refractivity contribution in [2.45, 2.75) is 19.8 Å². The summed E-state index contributed by atoms with van der Waals surface area (Å²) in [4.78, 5) is 12.3. The fourth-order valence-electron chi connectivity index (χ4n) is 2.38. The number of hydrogen-bond donors (Lipinski definition) is 1. The molecular weight excluding hydrogens is 367 g/mol. The number of ether oxygens (including phenoxy) is 2. The highest BCUT2D eigenvalue weighted by Crippen LogP contribution is 2.40. The number of nitriles is 1. The molecular formula is C16H14BrFN2O3. The number of benzene rings is 1. The van der Waals surface area contributed by atoms with Crippen molar-refractivity contribution in [1.29, 1.82) is 5.26 Å². The predicted molar refractivity (Wildman–Crippen MR) is 84.1 cm³/mol. The number of rotatable bonds is 3. The second-order valence-corrected chi connectivity index (χ2v) is 5.64. The van der Waals surface area contributed by atoms with Crippen LogP contribution in [0.3, 0.4) is 0 Å². The van der Waals surface area contributed by atoms with Gasteiger partial charge < -0.3 is 15.2 Å². The Morgan fingerprint density at radius 2 is 2.26 bits per heavy atom. The number of carbonyl (C=O) groups excluding carboxylic acids is 1. The third kappa shape index (κ3) is 3.22. The summed E-state index contributed by atoms with van der Waals surface area (Å²) in [6.45, 7) is 3.42. The molecule has 1 aromatic rings. The number of allylic oxidation sites excluding steroid dienone is 2. The van der Waals surface area contributed by atoms with E-state index < -0.39 is 17.7 Å². The van der Waals surface area contributed by atoms with Gasteiger partial charge in [0.25, 0.3) is 0 Å². The number of halogens is 2. The molecule has 0 spiro atoms. The van der Waals surface area contributed by atoms with Crippen LogP contribution in [0, 0.1) is 17.1 Å². The van der Waals surface area contributed by atoms with Gasteiger partial charge in [0.2, 0.25) is 5.88 Å². The van der Waals surface area contributed by atoms with Crippen LogP contribution < -0.4 is 5.73 Å². The van der Waals surface area contributed by atoms with E-state index in [4.69, 9.17) is 15.2 Å². The number of nitrogens with zero attached hydrogens (tertiary/aromatic N) is 1. The van der Waals surface area contributed by atoms with Gasteiger partial charge in [-0.2, -0.15) is 5.26 Å². The summed E-state index contributed by atoms with van der Waals surface area (Å²) in [6.07, 6.45) is 0. The minimum Gasteiger partial charge on any atom is -0.463 e. The molecule has 0 aliphatic carbocycles. The van der Waals surface area contributed by atoms with Crippen LogP contribution in [0.1, 0.15) is 25.3 Å². The van der Waals surface area contributed by atoms with Crippen molar-refractivity contribution in [2.24, 2.45) is 5.73 Å². The zero-order valence-corrected chi connectivity index (χ0v) is 14.1. The van der Waals surface area contributed by atoms with E-state index in [9.17, 15) is 14.4 Å². The molecule has 1 aliphatic heterocycles. The van der Waals surface area contributed by atoms with Crippen LogP contribution in [-0.4, -0.2) is 12.6 Å². The zero-order chi connectivity index (χ0) is 17.1. The molecule has 0 fully saturated rings. The fraction of sp³-hybridized carbons (Fsp3) is 0.250. The molecule has 0 unspecified atom stereocenters. The molecule has 0 amide bonds. The molecule has 2 N–H and O–H groups in total. The highest BCUT2D eigenvalue weighted by molar-refractivity contribution is 9.10. The summed E-state index contributed by atoms with van der Waals surface area (Å²) in [7, 11) is 0. The molecule has 5 nitrogen and oxygen atoms in total. The van der Waals surface area contributed by atoms with E-state index in [-0.39, 0.29) is 33.9 Å². The largest absolute Gasteiger partial charge is 0.463 e. The summed E-state index contributed by atoms with van der Waals surface area (Å²) in [5.74, 6) is -1.65. The van der Waals surface area contributed by atoms with Gasteiger partial charge in [-0.3, -0.25) is 0 Å². The van der Waals surface area contributed by atoms with Crippen molar-refractivity contribution in [1.82, 2.24) is 0 Å². The molecule has 1 aromatic carbocycles. The molecule has 0 saturated carbocycles. The normalized spacial score (nSPS) is 17.6. The monoisotopic (exact) mass is 380 g/mol. The fourth-order valence-corrected chi connectivity index (χ4v) is 2.78. The Labute approximate surface area is 141 Å². The van der Waals surface area contributed by atoms with Crippen LogP contribution in [0.4, 0.5) is 4.39 Å². The standard InChI is InChI=1S/C16H14BrFN2O3/c1-3-22-16(21)13-8(2)23-15(20)10(7-19)14(13)9-4-5-12(18)11(17)6-9/h4-6,14H,3,20H2,1-2H3/t14-/m0/s1. The first-order valence-electron chi connectivity index (χ1n) is 6.81. The van der Waals surface area contributed by atoms with Crippen LogP contribution in [0.5, 0.6) is 0 Å². The number of nitrogens with two attached hydrogens (primary N) is 1. The first-order chi connectivity index (χ1) is 10.9. The minimum atomic E-state index is -0.773. The van der Waals surface area contributed by atoms with E-state index >= 15 is 0 Å². The second kappa shape index (κ2) is 6.84. The summed E-state index contributed by atoms with van der Waals surface area (Å²) in [5, 5.41) is 9.40. The molecule has 7 heteroatoms. The summed E-state index contributed by atoms with van der Waals surface area (Å²) in [5.41, 5.74) is 6.56.